The molecule has 2 N–H and O–H groups in total. The zero-order valence-corrected chi connectivity index (χ0v) is 18.4. The van der Waals surface area contributed by atoms with Gasteiger partial charge in [0.15, 0.2) is 0 Å². The minimum Gasteiger partial charge on any atom is -0.356 e. The summed E-state index contributed by atoms with van der Waals surface area (Å²) in [5.41, 5.74) is 2.40. The number of aryl methyl sites for hydroxylation is 2. The van der Waals surface area contributed by atoms with Crippen LogP contribution >= 0.6 is 0 Å². The highest BCUT2D eigenvalue weighted by Gasteiger charge is 2.18. The highest BCUT2D eigenvalue weighted by atomic mass is 32.2. The molecule has 0 spiro atoms. The second-order valence-electron chi connectivity index (χ2n) is 8.51. The summed E-state index contributed by atoms with van der Waals surface area (Å²) in [6.07, 6.45) is 7.86. The van der Waals surface area contributed by atoms with E-state index < -0.39 is 10.0 Å². The Balaban J connectivity index is 1.34. The first-order valence-electron chi connectivity index (χ1n) is 11.0. The summed E-state index contributed by atoms with van der Waals surface area (Å²) in [6.45, 7) is 6.38. The summed E-state index contributed by atoms with van der Waals surface area (Å²) in [6, 6.07) is 5.39. The number of nitrogens with one attached hydrogen (secondary N) is 2. The minimum atomic E-state index is -3.57. The summed E-state index contributed by atoms with van der Waals surface area (Å²) in [7, 11) is -3.57. The van der Waals surface area contributed by atoms with E-state index in [1.165, 1.54) is 24.8 Å². The third kappa shape index (κ3) is 6.79. The van der Waals surface area contributed by atoms with Crippen LogP contribution in [-0.4, -0.2) is 51.9 Å². The molecule has 1 saturated heterocycles. The molecule has 0 atom stereocenters. The van der Waals surface area contributed by atoms with Gasteiger partial charge in [0.2, 0.25) is 15.9 Å². The molecule has 1 fully saturated rings. The van der Waals surface area contributed by atoms with Crippen LogP contribution in [0.1, 0.15) is 56.6 Å². The van der Waals surface area contributed by atoms with Gasteiger partial charge in [-0.15, -0.1) is 0 Å². The van der Waals surface area contributed by atoms with Crippen molar-refractivity contribution >= 4 is 15.9 Å². The van der Waals surface area contributed by atoms with Crippen LogP contribution < -0.4 is 10.0 Å². The standard InChI is InChI=1S/C22H35N3O3S/c1-18-10-15-25(16-11-18)14-4-12-23-22(26)9-13-24-29(27,28)21-8-7-19-5-2-3-6-20(19)17-21/h7-8,17-18,24H,2-6,9-16H2,1H3,(H,23,26). The van der Waals surface area contributed by atoms with Gasteiger partial charge < -0.3 is 10.2 Å². The number of fused-ring (bicyclic) bond motifs is 1. The highest BCUT2D eigenvalue weighted by Crippen LogP contribution is 2.24. The number of hydrogen-bond donors (Lipinski definition) is 2. The molecule has 1 aromatic carbocycles. The summed E-state index contributed by atoms with van der Waals surface area (Å²) < 4.78 is 27.6. The van der Waals surface area contributed by atoms with Gasteiger partial charge in [-0.2, -0.15) is 0 Å². The van der Waals surface area contributed by atoms with Gasteiger partial charge in [-0.1, -0.05) is 13.0 Å². The van der Waals surface area contributed by atoms with E-state index in [1.807, 2.05) is 6.07 Å². The predicted molar refractivity (Wildman–Crippen MR) is 115 cm³/mol. The first kappa shape index (κ1) is 22.2. The van der Waals surface area contributed by atoms with E-state index >= 15 is 0 Å². The number of benzene rings is 1. The fourth-order valence-electron chi connectivity index (χ4n) is 4.16. The molecule has 1 aliphatic carbocycles. The number of likely N-dealkylation sites (tertiary alicyclic amines) is 1. The Labute approximate surface area is 175 Å². The quantitative estimate of drug-likeness (QED) is 0.601. The molecule has 3 rings (SSSR count). The van der Waals surface area contributed by atoms with Crippen LogP contribution in [0.5, 0.6) is 0 Å². The van der Waals surface area contributed by atoms with Crippen molar-refractivity contribution in [2.45, 2.75) is 63.2 Å². The van der Waals surface area contributed by atoms with E-state index in [9.17, 15) is 13.2 Å². The Bertz CT molecular complexity index is 786. The molecular formula is C22H35N3O3S. The van der Waals surface area contributed by atoms with Crippen molar-refractivity contribution in [3.8, 4) is 0 Å². The lowest BCUT2D eigenvalue weighted by Crippen LogP contribution is -2.36. The van der Waals surface area contributed by atoms with E-state index in [0.29, 0.717) is 11.4 Å². The first-order valence-corrected chi connectivity index (χ1v) is 12.5. The maximum absolute atomic E-state index is 12.5. The van der Waals surface area contributed by atoms with Crippen LogP contribution in [0.2, 0.25) is 0 Å². The van der Waals surface area contributed by atoms with Crippen molar-refractivity contribution in [2.75, 3.05) is 32.7 Å². The van der Waals surface area contributed by atoms with Gasteiger partial charge in [-0.25, -0.2) is 13.1 Å². The van der Waals surface area contributed by atoms with Crippen LogP contribution in [0.15, 0.2) is 23.1 Å². The molecule has 0 aromatic heterocycles. The first-order chi connectivity index (χ1) is 13.9. The summed E-state index contributed by atoms with van der Waals surface area (Å²) in [5.74, 6) is 0.724. The van der Waals surface area contributed by atoms with Gasteiger partial charge in [0.05, 0.1) is 4.90 Å². The molecule has 1 aliphatic heterocycles. The van der Waals surface area contributed by atoms with Crippen LogP contribution in [-0.2, 0) is 27.7 Å². The van der Waals surface area contributed by atoms with Crippen molar-refractivity contribution in [3.05, 3.63) is 29.3 Å². The number of hydrogen-bond acceptors (Lipinski definition) is 4. The molecule has 1 aromatic rings. The number of sulfonamides is 1. The molecule has 29 heavy (non-hydrogen) atoms. The molecular weight excluding hydrogens is 386 g/mol. The fraction of sp³-hybridized carbons (Fsp3) is 0.682. The fourth-order valence-corrected chi connectivity index (χ4v) is 5.25. The van der Waals surface area contributed by atoms with Gasteiger partial charge in [-0.05, 0) is 93.8 Å². The van der Waals surface area contributed by atoms with Crippen LogP contribution in [0.3, 0.4) is 0 Å². The van der Waals surface area contributed by atoms with E-state index in [0.717, 1.165) is 56.8 Å². The topological polar surface area (TPSA) is 78.5 Å². The van der Waals surface area contributed by atoms with Crippen LogP contribution in [0.4, 0.5) is 0 Å². The maximum Gasteiger partial charge on any atom is 0.240 e. The molecule has 162 valence electrons. The summed E-state index contributed by atoms with van der Waals surface area (Å²) in [5, 5.41) is 2.90. The van der Waals surface area contributed by atoms with Gasteiger partial charge >= 0.3 is 0 Å². The van der Waals surface area contributed by atoms with Gasteiger partial charge in [0.1, 0.15) is 0 Å². The third-order valence-corrected chi connectivity index (χ3v) is 7.58. The van der Waals surface area contributed by atoms with Crippen molar-refractivity contribution < 1.29 is 13.2 Å². The monoisotopic (exact) mass is 421 g/mol. The molecule has 0 radical (unpaired) electrons. The zero-order chi connectivity index (χ0) is 20.7. The second kappa shape index (κ2) is 10.5. The number of carbonyl (C=O) groups is 1. The lowest BCUT2D eigenvalue weighted by molar-refractivity contribution is -0.120. The van der Waals surface area contributed by atoms with Gasteiger partial charge in [-0.3, -0.25) is 4.79 Å². The lowest BCUT2D eigenvalue weighted by atomic mass is 9.92. The Hall–Kier alpha value is -1.44. The Morgan fingerprint density at radius 1 is 1.10 bits per heavy atom. The third-order valence-electron chi connectivity index (χ3n) is 6.12. The number of carbonyl (C=O) groups excluding carboxylic acids is 1. The molecule has 2 aliphatic rings. The predicted octanol–water partition coefficient (Wildman–Crippen LogP) is 2.47. The molecule has 1 heterocycles. The Morgan fingerprint density at radius 3 is 2.59 bits per heavy atom. The van der Waals surface area contributed by atoms with E-state index in [-0.39, 0.29) is 18.9 Å². The average Bonchev–Trinajstić information content (AvgIpc) is 2.72. The highest BCUT2D eigenvalue weighted by molar-refractivity contribution is 7.89. The molecule has 0 unspecified atom stereocenters. The Morgan fingerprint density at radius 2 is 1.83 bits per heavy atom. The average molecular weight is 422 g/mol. The second-order valence-corrected chi connectivity index (χ2v) is 10.3. The Kier molecular flexibility index (Phi) is 8.09. The molecule has 7 heteroatoms. The number of rotatable bonds is 9. The largest absolute Gasteiger partial charge is 0.356 e. The van der Waals surface area contributed by atoms with Gasteiger partial charge in [0, 0.05) is 19.5 Å². The summed E-state index contributed by atoms with van der Waals surface area (Å²) in [4.78, 5) is 14.7. The molecule has 0 saturated carbocycles. The SMILES string of the molecule is CC1CCN(CCCNC(=O)CCNS(=O)(=O)c2ccc3c(c2)CCCC3)CC1. The maximum atomic E-state index is 12.5. The van der Waals surface area contributed by atoms with Crippen molar-refractivity contribution in [1.29, 1.82) is 0 Å². The normalized spacial score (nSPS) is 18.4. The molecule has 1 amide bonds. The van der Waals surface area contributed by atoms with Crippen molar-refractivity contribution in [1.82, 2.24) is 14.9 Å². The molecule has 6 nitrogen and oxygen atoms in total. The van der Waals surface area contributed by atoms with Crippen molar-refractivity contribution in [2.24, 2.45) is 5.92 Å². The zero-order valence-electron chi connectivity index (χ0n) is 17.6. The van der Waals surface area contributed by atoms with Crippen molar-refractivity contribution in [3.63, 3.8) is 0 Å². The smallest absolute Gasteiger partial charge is 0.240 e. The van der Waals surface area contributed by atoms with E-state index in [2.05, 4.69) is 21.9 Å². The van der Waals surface area contributed by atoms with Crippen LogP contribution in [0, 0.1) is 5.92 Å². The number of amides is 1. The van der Waals surface area contributed by atoms with Crippen LogP contribution in [0.25, 0.3) is 0 Å². The van der Waals surface area contributed by atoms with E-state index in [4.69, 9.17) is 0 Å². The molecule has 0 bridgehead atoms. The number of nitrogens with zero attached hydrogens (tertiary/aromatic N) is 1. The lowest BCUT2D eigenvalue weighted by Gasteiger charge is -2.30. The number of piperidine rings is 1. The minimum absolute atomic E-state index is 0.106. The van der Waals surface area contributed by atoms with Gasteiger partial charge in [0.25, 0.3) is 0 Å². The summed E-state index contributed by atoms with van der Waals surface area (Å²) >= 11 is 0. The van der Waals surface area contributed by atoms with E-state index in [1.54, 1.807) is 12.1 Å².